The number of ether oxygens (including phenoxy) is 1. The lowest BCUT2D eigenvalue weighted by atomic mass is 9.96. The summed E-state index contributed by atoms with van der Waals surface area (Å²) in [6.07, 6.45) is 1.15. The van der Waals surface area contributed by atoms with Gasteiger partial charge in [-0.25, -0.2) is 4.98 Å². The first-order chi connectivity index (χ1) is 7.70. The minimum Gasteiger partial charge on any atom is -0.385 e. The monoisotopic (exact) mass is 284 g/mol. The number of halogens is 1. The maximum absolute atomic E-state index is 5.09. The molecule has 0 N–H and O–H groups in total. The van der Waals surface area contributed by atoms with Crippen LogP contribution in [0.4, 0.5) is 5.82 Å². The molecule has 0 aromatic carbocycles. The van der Waals surface area contributed by atoms with E-state index in [1.54, 1.807) is 7.11 Å². The molecule has 0 saturated carbocycles. The molecule has 0 atom stereocenters. The average molecular weight is 285 g/mol. The molecule has 0 amide bonds. The van der Waals surface area contributed by atoms with Crippen molar-refractivity contribution in [2.24, 2.45) is 5.92 Å². The third kappa shape index (κ3) is 2.55. The molecule has 1 saturated heterocycles. The van der Waals surface area contributed by atoms with Gasteiger partial charge < -0.3 is 9.64 Å². The van der Waals surface area contributed by atoms with Gasteiger partial charge in [0.15, 0.2) is 0 Å². The number of rotatable bonds is 4. The van der Waals surface area contributed by atoms with Crippen molar-refractivity contribution in [1.82, 2.24) is 4.98 Å². The third-order valence-electron chi connectivity index (χ3n) is 3.02. The number of methoxy groups -OCH3 is 1. The maximum atomic E-state index is 5.09. The largest absolute Gasteiger partial charge is 0.385 e. The van der Waals surface area contributed by atoms with Crippen LogP contribution in [-0.4, -0.2) is 31.8 Å². The fourth-order valence-corrected chi connectivity index (χ4v) is 2.33. The highest BCUT2D eigenvalue weighted by Gasteiger charge is 2.28. The molecule has 4 heteroatoms. The lowest BCUT2D eigenvalue weighted by molar-refractivity contribution is 0.169. The smallest absolute Gasteiger partial charge is 0.132 e. The lowest BCUT2D eigenvalue weighted by Crippen LogP contribution is -2.47. The van der Waals surface area contributed by atoms with E-state index in [-0.39, 0.29) is 0 Å². The van der Waals surface area contributed by atoms with Gasteiger partial charge in [-0.05, 0) is 46.8 Å². The van der Waals surface area contributed by atoms with Gasteiger partial charge in [-0.15, -0.1) is 0 Å². The van der Waals surface area contributed by atoms with Crippen LogP contribution >= 0.6 is 15.9 Å². The molecule has 0 unspecified atom stereocenters. The van der Waals surface area contributed by atoms with Gasteiger partial charge in [0, 0.05) is 26.8 Å². The SMILES string of the molecule is COCCC1CN(c2nc(Br)ccc2C)C1. The van der Waals surface area contributed by atoms with E-state index in [2.05, 4.69) is 38.8 Å². The summed E-state index contributed by atoms with van der Waals surface area (Å²) in [6, 6.07) is 4.09. The zero-order valence-electron chi connectivity index (χ0n) is 9.74. The second-order valence-corrected chi connectivity index (χ2v) is 5.14. The van der Waals surface area contributed by atoms with Gasteiger partial charge in [0.05, 0.1) is 0 Å². The Morgan fingerprint density at radius 3 is 2.94 bits per heavy atom. The van der Waals surface area contributed by atoms with Gasteiger partial charge in [0.1, 0.15) is 10.4 Å². The molecule has 88 valence electrons. The van der Waals surface area contributed by atoms with Crippen molar-refractivity contribution in [2.75, 3.05) is 31.7 Å². The summed E-state index contributed by atoms with van der Waals surface area (Å²) in [7, 11) is 1.76. The molecular formula is C12H17BrN2O. The predicted octanol–water partition coefficient (Wildman–Crippen LogP) is 2.63. The van der Waals surface area contributed by atoms with Crippen LogP contribution in [0.25, 0.3) is 0 Å². The Bertz CT molecular complexity index is 364. The Morgan fingerprint density at radius 1 is 1.50 bits per heavy atom. The van der Waals surface area contributed by atoms with Crippen molar-refractivity contribution in [1.29, 1.82) is 0 Å². The number of aryl methyl sites for hydroxylation is 1. The molecule has 1 aromatic heterocycles. The van der Waals surface area contributed by atoms with Gasteiger partial charge >= 0.3 is 0 Å². The van der Waals surface area contributed by atoms with Crippen LogP contribution < -0.4 is 4.90 Å². The summed E-state index contributed by atoms with van der Waals surface area (Å²) < 4.78 is 6.00. The van der Waals surface area contributed by atoms with Crippen LogP contribution in [0.2, 0.25) is 0 Å². The molecule has 0 spiro atoms. The number of nitrogens with zero attached hydrogens (tertiary/aromatic N) is 2. The molecule has 2 rings (SSSR count). The van der Waals surface area contributed by atoms with Crippen LogP contribution in [0.1, 0.15) is 12.0 Å². The molecule has 1 aliphatic rings. The van der Waals surface area contributed by atoms with Gasteiger partial charge in [-0.3, -0.25) is 0 Å². The number of anilines is 1. The van der Waals surface area contributed by atoms with E-state index < -0.39 is 0 Å². The van der Waals surface area contributed by atoms with Crippen molar-refractivity contribution in [3.8, 4) is 0 Å². The van der Waals surface area contributed by atoms with Gasteiger partial charge in [-0.2, -0.15) is 0 Å². The van der Waals surface area contributed by atoms with Crippen LogP contribution in [0.15, 0.2) is 16.7 Å². The predicted molar refractivity (Wildman–Crippen MR) is 68.9 cm³/mol. The summed E-state index contributed by atoms with van der Waals surface area (Å²) >= 11 is 3.42. The normalized spacial score (nSPS) is 16.3. The van der Waals surface area contributed by atoms with E-state index in [1.807, 2.05) is 6.07 Å². The second-order valence-electron chi connectivity index (χ2n) is 4.33. The highest BCUT2D eigenvalue weighted by molar-refractivity contribution is 9.10. The first kappa shape index (κ1) is 11.9. The summed E-state index contributed by atoms with van der Waals surface area (Å²) in [6.45, 7) is 5.18. The first-order valence-corrected chi connectivity index (χ1v) is 6.37. The molecule has 0 aliphatic carbocycles. The highest BCUT2D eigenvalue weighted by Crippen LogP contribution is 2.28. The molecule has 2 heterocycles. The molecule has 1 aromatic rings. The second kappa shape index (κ2) is 5.15. The van der Waals surface area contributed by atoms with E-state index in [0.717, 1.165) is 42.5 Å². The number of pyridine rings is 1. The number of hydrogen-bond donors (Lipinski definition) is 0. The van der Waals surface area contributed by atoms with Crippen LogP contribution in [0.5, 0.6) is 0 Å². The Kier molecular flexibility index (Phi) is 3.82. The third-order valence-corrected chi connectivity index (χ3v) is 3.46. The van der Waals surface area contributed by atoms with E-state index in [1.165, 1.54) is 5.56 Å². The topological polar surface area (TPSA) is 25.4 Å². The van der Waals surface area contributed by atoms with Crippen molar-refractivity contribution in [2.45, 2.75) is 13.3 Å². The zero-order valence-corrected chi connectivity index (χ0v) is 11.3. The molecule has 3 nitrogen and oxygen atoms in total. The van der Waals surface area contributed by atoms with Gasteiger partial charge in [0.25, 0.3) is 0 Å². The summed E-state index contributed by atoms with van der Waals surface area (Å²) in [5.74, 6) is 1.88. The number of hydrogen-bond acceptors (Lipinski definition) is 3. The molecule has 16 heavy (non-hydrogen) atoms. The highest BCUT2D eigenvalue weighted by atomic mass is 79.9. The first-order valence-electron chi connectivity index (χ1n) is 5.57. The standard InChI is InChI=1S/C12H17BrN2O/c1-9-3-4-11(13)14-12(9)15-7-10(8-15)5-6-16-2/h3-4,10H,5-8H2,1-2H3. The van der Waals surface area contributed by atoms with Crippen molar-refractivity contribution < 1.29 is 4.74 Å². The molecule has 0 radical (unpaired) electrons. The van der Waals surface area contributed by atoms with Crippen LogP contribution in [0, 0.1) is 12.8 Å². The van der Waals surface area contributed by atoms with Crippen LogP contribution in [0.3, 0.4) is 0 Å². The molecule has 1 fully saturated rings. The van der Waals surface area contributed by atoms with E-state index >= 15 is 0 Å². The maximum Gasteiger partial charge on any atom is 0.132 e. The number of aromatic nitrogens is 1. The summed E-state index contributed by atoms with van der Waals surface area (Å²) in [4.78, 5) is 6.85. The molecular weight excluding hydrogens is 268 g/mol. The lowest BCUT2D eigenvalue weighted by Gasteiger charge is -2.41. The van der Waals surface area contributed by atoms with Crippen molar-refractivity contribution >= 4 is 21.7 Å². The van der Waals surface area contributed by atoms with Crippen molar-refractivity contribution in [3.63, 3.8) is 0 Å². The van der Waals surface area contributed by atoms with E-state index in [0.29, 0.717) is 0 Å². The summed E-state index contributed by atoms with van der Waals surface area (Å²) in [5.41, 5.74) is 1.24. The van der Waals surface area contributed by atoms with E-state index in [4.69, 9.17) is 4.74 Å². The minimum absolute atomic E-state index is 0.764. The Morgan fingerprint density at radius 2 is 2.25 bits per heavy atom. The quantitative estimate of drug-likeness (QED) is 0.795. The Labute approximate surface area is 105 Å². The van der Waals surface area contributed by atoms with Gasteiger partial charge in [-0.1, -0.05) is 6.07 Å². The summed E-state index contributed by atoms with van der Waals surface area (Å²) in [5, 5.41) is 0. The molecule has 1 aliphatic heterocycles. The fourth-order valence-electron chi connectivity index (χ4n) is 2.02. The van der Waals surface area contributed by atoms with Crippen molar-refractivity contribution in [3.05, 3.63) is 22.3 Å². The van der Waals surface area contributed by atoms with Gasteiger partial charge in [0.2, 0.25) is 0 Å². The zero-order chi connectivity index (χ0) is 11.5. The minimum atomic E-state index is 0.764. The Balaban J connectivity index is 1.93. The van der Waals surface area contributed by atoms with E-state index in [9.17, 15) is 0 Å². The van der Waals surface area contributed by atoms with Crippen LogP contribution in [-0.2, 0) is 4.74 Å². The fraction of sp³-hybridized carbons (Fsp3) is 0.583. The Hall–Kier alpha value is -0.610. The average Bonchev–Trinajstić information content (AvgIpc) is 2.21. The molecule has 0 bridgehead atoms.